The van der Waals surface area contributed by atoms with Gasteiger partial charge in [0, 0.05) is 31.0 Å². The first-order chi connectivity index (χ1) is 22.4. The number of carbonyl (C=O) groups excluding carboxylic acids is 4. The summed E-state index contributed by atoms with van der Waals surface area (Å²) in [6.45, 7) is 5.01. The predicted molar refractivity (Wildman–Crippen MR) is 172 cm³/mol. The molecule has 1 saturated heterocycles. The second-order valence-electron chi connectivity index (χ2n) is 13.4. The minimum Gasteiger partial charge on any atom is -0.497 e. The molecule has 1 aromatic heterocycles. The number of fused-ring (bicyclic) bond motifs is 1. The molecule has 2 saturated carbocycles. The van der Waals surface area contributed by atoms with Gasteiger partial charge in [-0.05, 0) is 55.7 Å². The van der Waals surface area contributed by atoms with Gasteiger partial charge < -0.3 is 35.4 Å². The number of hydrogen-bond acceptors (Lipinski definition) is 8. The first-order valence-corrected chi connectivity index (χ1v) is 16.4. The number of carboxylic acids is 1. The summed E-state index contributed by atoms with van der Waals surface area (Å²) in [6, 6.07) is 4.30. The third-order valence-electron chi connectivity index (χ3n) is 9.57. The van der Waals surface area contributed by atoms with Crippen LogP contribution in [0.2, 0.25) is 0 Å². The first kappa shape index (κ1) is 33.9. The highest BCUT2D eigenvalue weighted by Crippen LogP contribution is 2.37. The molecular weight excluding hydrogens is 606 g/mol. The van der Waals surface area contributed by atoms with Crippen molar-refractivity contribution in [2.75, 3.05) is 13.7 Å². The molecule has 47 heavy (non-hydrogen) atoms. The number of methoxy groups -OCH3 is 1. The summed E-state index contributed by atoms with van der Waals surface area (Å²) in [5.41, 5.74) is -0.698. The molecule has 13 heteroatoms. The Labute approximate surface area is 274 Å². The minimum absolute atomic E-state index is 0.0355. The summed E-state index contributed by atoms with van der Waals surface area (Å²) in [7, 11) is 1.57. The smallest absolute Gasteiger partial charge is 0.329 e. The Balaban J connectivity index is 1.39. The second kappa shape index (κ2) is 14.1. The van der Waals surface area contributed by atoms with E-state index in [9.17, 15) is 29.1 Å². The van der Waals surface area contributed by atoms with Crippen LogP contribution in [0.3, 0.4) is 0 Å². The van der Waals surface area contributed by atoms with Crippen LogP contribution in [0.5, 0.6) is 11.5 Å². The van der Waals surface area contributed by atoms with Crippen molar-refractivity contribution in [3.05, 3.63) is 30.5 Å². The normalized spacial score (nSPS) is 21.9. The fourth-order valence-electron chi connectivity index (χ4n) is 6.74. The molecule has 0 spiro atoms. The Hall–Kier alpha value is -4.42. The van der Waals surface area contributed by atoms with Crippen LogP contribution in [0, 0.1) is 11.8 Å². The summed E-state index contributed by atoms with van der Waals surface area (Å²) in [5, 5.41) is 18.8. The van der Waals surface area contributed by atoms with E-state index in [2.05, 4.69) is 20.9 Å². The monoisotopic (exact) mass is 651 g/mol. The summed E-state index contributed by atoms with van der Waals surface area (Å²) in [6.07, 6.45) is 6.31. The van der Waals surface area contributed by atoms with Crippen molar-refractivity contribution in [2.45, 2.75) is 102 Å². The number of benzene rings is 1. The van der Waals surface area contributed by atoms with Crippen molar-refractivity contribution in [2.24, 2.45) is 11.8 Å². The van der Waals surface area contributed by atoms with Gasteiger partial charge in [-0.1, -0.05) is 33.1 Å². The Morgan fingerprint density at radius 2 is 1.77 bits per heavy atom. The van der Waals surface area contributed by atoms with E-state index < -0.39 is 53.5 Å². The molecule has 0 bridgehead atoms. The average Bonchev–Trinajstić information content (AvgIpc) is 3.72. The SMILES string of the molecule is COc1ccc2c(O[C@@H]3C[C@@H](C(=O)NC4(C(=O)O)CC4)N(C(=O)[C@@H](NC(=O)[C@@H](NC(C)=O)C4CCCCC4)C(C)C)C3)ccnc2c1. The number of pyridine rings is 1. The number of ether oxygens (including phenoxy) is 2. The maximum absolute atomic E-state index is 14.3. The molecule has 5 rings (SSSR count). The summed E-state index contributed by atoms with van der Waals surface area (Å²) in [4.78, 5) is 71.4. The molecule has 0 unspecified atom stereocenters. The molecule has 4 amide bonds. The van der Waals surface area contributed by atoms with E-state index in [0.29, 0.717) is 29.9 Å². The van der Waals surface area contributed by atoms with Gasteiger partial charge in [-0.2, -0.15) is 0 Å². The van der Waals surface area contributed by atoms with Crippen molar-refractivity contribution in [1.82, 2.24) is 25.8 Å². The van der Waals surface area contributed by atoms with Gasteiger partial charge in [0.1, 0.15) is 41.3 Å². The van der Waals surface area contributed by atoms with E-state index >= 15 is 0 Å². The van der Waals surface area contributed by atoms with E-state index in [1.807, 2.05) is 6.07 Å². The molecule has 2 aromatic rings. The second-order valence-corrected chi connectivity index (χ2v) is 13.4. The highest BCUT2D eigenvalue weighted by atomic mass is 16.5. The quantitative estimate of drug-likeness (QED) is 0.269. The Morgan fingerprint density at radius 3 is 2.38 bits per heavy atom. The van der Waals surface area contributed by atoms with Gasteiger partial charge in [-0.3, -0.25) is 24.2 Å². The number of carbonyl (C=O) groups is 5. The number of rotatable bonds is 12. The van der Waals surface area contributed by atoms with Gasteiger partial charge in [0.15, 0.2) is 0 Å². The van der Waals surface area contributed by atoms with Crippen LogP contribution in [0.25, 0.3) is 10.9 Å². The van der Waals surface area contributed by atoms with Gasteiger partial charge in [0.05, 0.1) is 19.2 Å². The maximum Gasteiger partial charge on any atom is 0.329 e. The van der Waals surface area contributed by atoms with Gasteiger partial charge >= 0.3 is 5.97 Å². The number of likely N-dealkylation sites (tertiary alicyclic amines) is 1. The lowest BCUT2D eigenvalue weighted by molar-refractivity contribution is -0.146. The van der Waals surface area contributed by atoms with Gasteiger partial charge in [0.25, 0.3) is 0 Å². The summed E-state index contributed by atoms with van der Waals surface area (Å²) >= 11 is 0. The summed E-state index contributed by atoms with van der Waals surface area (Å²) in [5.74, 6) is -2.19. The van der Waals surface area contributed by atoms with Crippen LogP contribution < -0.4 is 25.4 Å². The number of carboxylic acid groups (broad SMARTS) is 1. The van der Waals surface area contributed by atoms with E-state index in [4.69, 9.17) is 9.47 Å². The van der Waals surface area contributed by atoms with Crippen molar-refractivity contribution in [3.8, 4) is 11.5 Å². The largest absolute Gasteiger partial charge is 0.497 e. The van der Waals surface area contributed by atoms with Gasteiger partial charge in [0.2, 0.25) is 23.6 Å². The molecule has 254 valence electrons. The molecule has 4 N–H and O–H groups in total. The van der Waals surface area contributed by atoms with Crippen molar-refractivity contribution < 1.29 is 38.6 Å². The van der Waals surface area contributed by atoms with E-state index in [0.717, 1.165) is 37.5 Å². The molecule has 1 aliphatic heterocycles. The highest BCUT2D eigenvalue weighted by Gasteiger charge is 2.54. The zero-order chi connectivity index (χ0) is 33.9. The van der Waals surface area contributed by atoms with Crippen LogP contribution in [0.4, 0.5) is 0 Å². The Bertz CT molecular complexity index is 1520. The lowest BCUT2D eigenvalue weighted by Gasteiger charge is -2.34. The van der Waals surface area contributed by atoms with Crippen LogP contribution in [-0.4, -0.2) is 88.0 Å². The van der Waals surface area contributed by atoms with Crippen molar-refractivity contribution in [3.63, 3.8) is 0 Å². The van der Waals surface area contributed by atoms with Gasteiger partial charge in [-0.25, -0.2) is 4.79 Å². The average molecular weight is 652 g/mol. The van der Waals surface area contributed by atoms with Crippen LogP contribution >= 0.6 is 0 Å². The van der Waals surface area contributed by atoms with Crippen molar-refractivity contribution in [1.29, 1.82) is 0 Å². The number of amides is 4. The number of aliphatic carboxylic acids is 1. The predicted octanol–water partition coefficient (Wildman–Crippen LogP) is 2.55. The van der Waals surface area contributed by atoms with E-state index in [1.54, 1.807) is 45.4 Å². The minimum atomic E-state index is -1.34. The molecule has 3 aliphatic rings. The number of hydrogen-bond donors (Lipinski definition) is 4. The van der Waals surface area contributed by atoms with Crippen LogP contribution in [0.15, 0.2) is 30.5 Å². The fraction of sp³-hybridized carbons (Fsp3) is 0.588. The number of nitrogens with zero attached hydrogens (tertiary/aromatic N) is 2. The topological polar surface area (TPSA) is 176 Å². The summed E-state index contributed by atoms with van der Waals surface area (Å²) < 4.78 is 11.7. The fourth-order valence-corrected chi connectivity index (χ4v) is 6.74. The van der Waals surface area contributed by atoms with Crippen LogP contribution in [-0.2, 0) is 24.0 Å². The molecule has 4 atom stereocenters. The molecule has 13 nitrogen and oxygen atoms in total. The Kier molecular flexibility index (Phi) is 10.2. The van der Waals surface area contributed by atoms with Gasteiger partial charge in [-0.15, -0.1) is 0 Å². The zero-order valence-electron chi connectivity index (χ0n) is 27.4. The molecular formula is C34H45N5O8. The molecule has 3 fully saturated rings. The third-order valence-corrected chi connectivity index (χ3v) is 9.57. The standard InChI is InChI=1S/C34H45N5O8/c1-19(2)28(37-31(42)29(36-20(3)40)21-8-6-5-7-9-21)32(43)39-18-23(17-26(39)30(41)38-34(13-14-34)33(44)45)47-27-12-15-35-25-16-22(46-4)10-11-24(25)27/h10-12,15-16,19,21,23,26,28-29H,5-9,13-14,17-18H2,1-4H3,(H,36,40)(H,37,42)(H,38,41)(H,44,45)/t23-,26+,28+,29+/m1/s1. The number of aromatic nitrogens is 1. The zero-order valence-corrected chi connectivity index (χ0v) is 27.4. The van der Waals surface area contributed by atoms with Crippen molar-refractivity contribution >= 4 is 40.5 Å². The molecule has 2 heterocycles. The third kappa shape index (κ3) is 7.60. The van der Waals surface area contributed by atoms with E-state index in [1.165, 1.54) is 11.8 Å². The molecule has 1 aromatic carbocycles. The van der Waals surface area contributed by atoms with E-state index in [-0.39, 0.29) is 30.7 Å². The highest BCUT2D eigenvalue weighted by molar-refractivity contribution is 5.97. The molecule has 2 aliphatic carbocycles. The lowest BCUT2D eigenvalue weighted by atomic mass is 9.83. The Morgan fingerprint density at radius 1 is 1.04 bits per heavy atom. The lowest BCUT2D eigenvalue weighted by Crippen LogP contribution is -2.60. The van der Waals surface area contributed by atoms with Crippen LogP contribution in [0.1, 0.15) is 72.1 Å². The molecule has 0 radical (unpaired) electrons. The number of nitrogens with one attached hydrogen (secondary N) is 3. The first-order valence-electron chi connectivity index (χ1n) is 16.4. The maximum atomic E-state index is 14.3.